The summed E-state index contributed by atoms with van der Waals surface area (Å²) in [5.41, 5.74) is 0. The molecule has 2 N–H and O–H groups in total. The quantitative estimate of drug-likeness (QED) is 0.729. The molecule has 1 saturated heterocycles. The Morgan fingerprint density at radius 2 is 2.30 bits per heavy atom. The molecule has 0 bridgehead atoms. The van der Waals surface area contributed by atoms with Crippen LogP contribution < -0.4 is 10.1 Å². The van der Waals surface area contributed by atoms with E-state index in [-0.39, 0.29) is 5.25 Å². The first-order valence-electron chi connectivity index (χ1n) is 6.89. The van der Waals surface area contributed by atoms with E-state index in [0.717, 1.165) is 17.9 Å². The molecule has 1 aromatic carbocycles. The number of aliphatic carboxylic acids is 1. The predicted octanol–water partition coefficient (Wildman–Crippen LogP) is 2.14. The maximum absolute atomic E-state index is 11.5. The van der Waals surface area contributed by atoms with Gasteiger partial charge in [0.05, 0.1) is 7.11 Å². The summed E-state index contributed by atoms with van der Waals surface area (Å²) in [4.78, 5) is 12.7. The zero-order valence-electron chi connectivity index (χ0n) is 12.2. The largest absolute Gasteiger partial charge is 0.497 e. The Bertz CT molecular complexity index is 480. The molecule has 112 valence electrons. The number of thiol groups is 1. The van der Waals surface area contributed by atoms with E-state index < -0.39 is 22.9 Å². The van der Waals surface area contributed by atoms with Crippen molar-refractivity contribution >= 4 is 16.9 Å². The molecule has 0 radical (unpaired) electrons. The molecule has 1 fully saturated rings. The van der Waals surface area contributed by atoms with Crippen molar-refractivity contribution in [1.82, 2.24) is 5.32 Å². The molecule has 4 atom stereocenters. The molecule has 20 heavy (non-hydrogen) atoms. The van der Waals surface area contributed by atoms with E-state index in [9.17, 15) is 9.90 Å². The number of carboxylic acid groups (broad SMARTS) is 1. The fourth-order valence-corrected chi connectivity index (χ4v) is 6.57. The Morgan fingerprint density at radius 3 is 2.90 bits per heavy atom. The van der Waals surface area contributed by atoms with E-state index in [4.69, 9.17) is 4.74 Å². The standard InChI is InChI=1S/C15H23NO3S/c1-10-7-8-20(14(10)13(16-2)15(17)18)12-6-4-5-11(9-12)19-3/h4-6,9-10,13-14,16,20H,7-8H2,1-3H3,(H,17,18)/t10-,13?,14-/m1/s1. The van der Waals surface area contributed by atoms with E-state index >= 15 is 0 Å². The fraction of sp³-hybridized carbons (Fsp3) is 0.533. The lowest BCUT2D eigenvalue weighted by Crippen LogP contribution is -2.45. The number of rotatable bonds is 5. The zero-order chi connectivity index (χ0) is 14.7. The Balaban J connectivity index is 2.31. The second-order valence-corrected chi connectivity index (χ2v) is 7.76. The normalized spacial score (nSPS) is 29.1. The van der Waals surface area contributed by atoms with Crippen molar-refractivity contribution in [3.63, 3.8) is 0 Å². The van der Waals surface area contributed by atoms with Gasteiger partial charge in [-0.25, -0.2) is 10.9 Å². The predicted molar refractivity (Wildman–Crippen MR) is 83.2 cm³/mol. The van der Waals surface area contributed by atoms with Crippen LogP contribution in [0.3, 0.4) is 0 Å². The highest BCUT2D eigenvalue weighted by Gasteiger charge is 2.40. The summed E-state index contributed by atoms with van der Waals surface area (Å²) in [5.74, 6) is 1.63. The number of carboxylic acids is 1. The molecule has 0 spiro atoms. The van der Waals surface area contributed by atoms with E-state index in [1.807, 2.05) is 12.1 Å². The van der Waals surface area contributed by atoms with Gasteiger partial charge < -0.3 is 15.2 Å². The third kappa shape index (κ3) is 2.94. The van der Waals surface area contributed by atoms with Crippen LogP contribution in [0, 0.1) is 5.92 Å². The van der Waals surface area contributed by atoms with E-state index in [1.54, 1.807) is 14.2 Å². The van der Waals surface area contributed by atoms with E-state index in [0.29, 0.717) is 5.92 Å². The molecule has 5 heteroatoms. The number of carbonyl (C=O) groups is 1. The zero-order valence-corrected chi connectivity index (χ0v) is 13.1. The first-order chi connectivity index (χ1) is 9.58. The SMILES string of the molecule is CNC(C(=O)O)[C@H]1[C@H](C)CC[SH]1c1cccc(OC)c1. The number of benzene rings is 1. The van der Waals surface area contributed by atoms with Crippen LogP contribution in [0.15, 0.2) is 29.2 Å². The maximum atomic E-state index is 11.5. The topological polar surface area (TPSA) is 58.6 Å². The smallest absolute Gasteiger partial charge is 0.321 e. The molecule has 0 saturated carbocycles. The molecule has 0 amide bonds. The average Bonchev–Trinajstić information content (AvgIpc) is 2.82. The van der Waals surface area contributed by atoms with Crippen molar-refractivity contribution in [2.24, 2.45) is 5.92 Å². The highest BCUT2D eigenvalue weighted by atomic mass is 32.2. The van der Waals surface area contributed by atoms with Crippen molar-refractivity contribution in [2.45, 2.75) is 29.5 Å². The third-order valence-corrected chi connectivity index (χ3v) is 7.28. The molecular weight excluding hydrogens is 274 g/mol. The van der Waals surface area contributed by atoms with Crippen LogP contribution in [0.4, 0.5) is 0 Å². The summed E-state index contributed by atoms with van der Waals surface area (Å²) >= 11 is 0. The summed E-state index contributed by atoms with van der Waals surface area (Å²) in [6, 6.07) is 7.62. The minimum absolute atomic E-state index is 0.180. The molecule has 4 nitrogen and oxygen atoms in total. The average molecular weight is 297 g/mol. The Hall–Kier alpha value is -1.20. The minimum atomic E-state index is -0.748. The van der Waals surface area contributed by atoms with Gasteiger partial charge in [-0.15, -0.1) is 0 Å². The number of nitrogens with one attached hydrogen (secondary N) is 1. The van der Waals surface area contributed by atoms with Crippen molar-refractivity contribution in [3.05, 3.63) is 24.3 Å². The van der Waals surface area contributed by atoms with Gasteiger partial charge in [0.25, 0.3) is 0 Å². The van der Waals surface area contributed by atoms with Crippen LogP contribution in [0.2, 0.25) is 0 Å². The van der Waals surface area contributed by atoms with Gasteiger partial charge in [0.2, 0.25) is 0 Å². The lowest BCUT2D eigenvalue weighted by molar-refractivity contribution is -0.139. The number of likely N-dealkylation sites (N-methyl/N-ethyl adjacent to an activating group) is 1. The van der Waals surface area contributed by atoms with Crippen molar-refractivity contribution < 1.29 is 14.6 Å². The summed E-state index contributed by atoms with van der Waals surface area (Å²) in [6.07, 6.45) is 1.10. The van der Waals surface area contributed by atoms with Crippen molar-refractivity contribution in [2.75, 3.05) is 19.9 Å². The Morgan fingerprint density at radius 1 is 1.55 bits per heavy atom. The summed E-state index contributed by atoms with van der Waals surface area (Å²) in [5, 5.41) is 12.6. The number of ether oxygens (including phenoxy) is 1. The van der Waals surface area contributed by atoms with Gasteiger partial charge in [-0.1, -0.05) is 19.1 Å². The second kappa shape index (κ2) is 6.50. The van der Waals surface area contributed by atoms with E-state index in [1.165, 1.54) is 4.90 Å². The van der Waals surface area contributed by atoms with E-state index in [2.05, 4.69) is 24.4 Å². The highest BCUT2D eigenvalue weighted by molar-refractivity contribution is 8.17. The molecule has 1 aliphatic rings. The van der Waals surface area contributed by atoms with Crippen LogP contribution >= 0.6 is 10.9 Å². The molecule has 0 aliphatic carbocycles. The maximum Gasteiger partial charge on any atom is 0.321 e. The minimum Gasteiger partial charge on any atom is -0.497 e. The van der Waals surface area contributed by atoms with Crippen molar-refractivity contribution in [3.8, 4) is 5.75 Å². The van der Waals surface area contributed by atoms with Gasteiger partial charge in [-0.3, -0.25) is 4.79 Å². The molecule has 1 aliphatic heterocycles. The Kier molecular flexibility index (Phi) is 4.94. The lowest BCUT2D eigenvalue weighted by Gasteiger charge is -2.31. The molecule has 2 rings (SSSR count). The van der Waals surface area contributed by atoms with Crippen LogP contribution in [0.5, 0.6) is 5.75 Å². The lowest BCUT2D eigenvalue weighted by atomic mass is 9.99. The van der Waals surface area contributed by atoms with Crippen LogP contribution in [0.1, 0.15) is 13.3 Å². The van der Waals surface area contributed by atoms with Crippen LogP contribution in [-0.4, -0.2) is 42.3 Å². The number of hydrogen-bond donors (Lipinski definition) is 3. The summed E-state index contributed by atoms with van der Waals surface area (Å²) in [7, 11) is 2.93. The summed E-state index contributed by atoms with van der Waals surface area (Å²) < 4.78 is 5.29. The number of methoxy groups -OCH3 is 1. The van der Waals surface area contributed by atoms with Gasteiger partial charge in [0.15, 0.2) is 0 Å². The molecule has 1 heterocycles. The number of hydrogen-bond acceptors (Lipinski definition) is 3. The fourth-order valence-electron chi connectivity index (χ4n) is 3.01. The monoisotopic (exact) mass is 297 g/mol. The highest BCUT2D eigenvalue weighted by Crippen LogP contribution is 2.52. The first-order valence-corrected chi connectivity index (χ1v) is 8.49. The van der Waals surface area contributed by atoms with Crippen molar-refractivity contribution in [1.29, 1.82) is 0 Å². The van der Waals surface area contributed by atoms with Gasteiger partial charge in [0, 0.05) is 5.25 Å². The molecular formula is C15H23NO3S. The van der Waals surface area contributed by atoms with Crippen LogP contribution in [0.25, 0.3) is 0 Å². The molecule has 1 aromatic rings. The van der Waals surface area contributed by atoms with Gasteiger partial charge in [-0.05, 0) is 42.2 Å². The Labute approximate surface area is 122 Å². The molecule has 0 aromatic heterocycles. The van der Waals surface area contributed by atoms with Crippen LogP contribution in [-0.2, 0) is 4.79 Å². The first kappa shape index (κ1) is 15.2. The van der Waals surface area contributed by atoms with Gasteiger partial charge in [-0.2, -0.15) is 0 Å². The summed E-state index contributed by atoms with van der Waals surface area (Å²) in [6.45, 7) is 2.17. The third-order valence-electron chi connectivity index (χ3n) is 4.07. The van der Waals surface area contributed by atoms with Gasteiger partial charge in [0.1, 0.15) is 11.8 Å². The molecule has 2 unspecified atom stereocenters. The second-order valence-electron chi connectivity index (χ2n) is 5.26. The van der Waals surface area contributed by atoms with Gasteiger partial charge >= 0.3 is 5.97 Å².